The maximum absolute atomic E-state index is 13.0. The Morgan fingerprint density at radius 1 is 1.19 bits per heavy atom. The lowest BCUT2D eigenvalue weighted by molar-refractivity contribution is -0.149. The van der Waals surface area contributed by atoms with Crippen molar-refractivity contribution in [1.29, 1.82) is 0 Å². The Balaban J connectivity index is 2.90. The van der Waals surface area contributed by atoms with Gasteiger partial charge in [-0.3, -0.25) is 19.4 Å². The van der Waals surface area contributed by atoms with E-state index >= 15 is 0 Å². The van der Waals surface area contributed by atoms with Crippen LogP contribution in [0.4, 0.5) is 0 Å². The molecule has 176 valence electrons. The van der Waals surface area contributed by atoms with Crippen LogP contribution in [0, 0.1) is 0 Å². The molecule has 1 aliphatic rings. The van der Waals surface area contributed by atoms with E-state index < -0.39 is 41.8 Å². The maximum Gasteiger partial charge on any atom is 0.326 e. The van der Waals surface area contributed by atoms with Crippen LogP contribution >= 0.6 is 11.8 Å². The van der Waals surface area contributed by atoms with Gasteiger partial charge in [0.25, 0.3) is 0 Å². The van der Waals surface area contributed by atoms with Crippen LogP contribution in [0.15, 0.2) is 4.99 Å². The minimum atomic E-state index is -1.06. The highest BCUT2D eigenvalue weighted by atomic mass is 32.2. The zero-order valence-corrected chi connectivity index (χ0v) is 18.5. The van der Waals surface area contributed by atoms with Gasteiger partial charge in [0.2, 0.25) is 17.7 Å². The fourth-order valence-electron chi connectivity index (χ4n) is 3.28. The Bertz CT molecular complexity index is 672. The van der Waals surface area contributed by atoms with Gasteiger partial charge in [0.15, 0.2) is 5.96 Å². The van der Waals surface area contributed by atoms with Crippen molar-refractivity contribution in [2.45, 2.75) is 50.2 Å². The van der Waals surface area contributed by atoms with Crippen LogP contribution in [-0.2, 0) is 19.2 Å². The molecule has 3 atom stereocenters. The van der Waals surface area contributed by atoms with Gasteiger partial charge in [-0.2, -0.15) is 11.8 Å². The third-order valence-electron chi connectivity index (χ3n) is 4.83. The summed E-state index contributed by atoms with van der Waals surface area (Å²) in [4.78, 5) is 54.3. The van der Waals surface area contributed by atoms with Crippen LogP contribution in [0.5, 0.6) is 0 Å². The predicted octanol–water partition coefficient (Wildman–Crippen LogP) is -2.20. The number of carbonyl (C=O) groups is 4. The van der Waals surface area contributed by atoms with E-state index in [1.165, 1.54) is 16.7 Å². The van der Waals surface area contributed by atoms with Crippen molar-refractivity contribution >= 4 is 41.4 Å². The minimum absolute atomic E-state index is 0.0756. The van der Waals surface area contributed by atoms with Gasteiger partial charge in [0, 0.05) is 13.1 Å². The van der Waals surface area contributed by atoms with Gasteiger partial charge in [-0.1, -0.05) is 0 Å². The first-order valence-electron chi connectivity index (χ1n) is 10.1. The van der Waals surface area contributed by atoms with Gasteiger partial charge in [-0.25, -0.2) is 4.79 Å². The van der Waals surface area contributed by atoms with Gasteiger partial charge in [-0.15, -0.1) is 0 Å². The summed E-state index contributed by atoms with van der Waals surface area (Å²) in [6.45, 7) is 0.307. The molecule has 0 aromatic rings. The fraction of sp³-hybridized carbons (Fsp3) is 0.722. The highest BCUT2D eigenvalue weighted by Gasteiger charge is 2.38. The van der Waals surface area contributed by atoms with Crippen LogP contribution in [0.1, 0.15) is 32.1 Å². The van der Waals surface area contributed by atoms with Crippen molar-refractivity contribution in [2.75, 3.05) is 31.6 Å². The summed E-state index contributed by atoms with van der Waals surface area (Å²) in [5.74, 6) is -2.04. The van der Waals surface area contributed by atoms with E-state index in [4.69, 9.17) is 17.2 Å². The topological polar surface area (TPSA) is 206 Å². The number of guanidine groups is 1. The number of nitrogens with one attached hydrogen (secondary N) is 2. The molecule has 12 nitrogen and oxygen atoms in total. The third kappa shape index (κ3) is 9.00. The fourth-order valence-corrected chi connectivity index (χ4v) is 3.75. The lowest BCUT2D eigenvalue weighted by Crippen LogP contribution is -2.56. The summed E-state index contributed by atoms with van der Waals surface area (Å²) in [6.07, 6.45) is 3.82. The first-order chi connectivity index (χ1) is 14.7. The van der Waals surface area contributed by atoms with E-state index in [1.807, 2.05) is 6.26 Å². The van der Waals surface area contributed by atoms with Crippen molar-refractivity contribution in [1.82, 2.24) is 15.5 Å². The molecule has 0 radical (unpaired) electrons. The average Bonchev–Trinajstić information content (AvgIpc) is 3.22. The monoisotopic (exact) mass is 459 g/mol. The van der Waals surface area contributed by atoms with E-state index in [9.17, 15) is 24.3 Å². The minimum Gasteiger partial charge on any atom is -0.480 e. The number of hydrogen-bond acceptors (Lipinski definition) is 7. The highest BCUT2D eigenvalue weighted by Crippen LogP contribution is 2.19. The molecular weight excluding hydrogens is 426 g/mol. The number of carboxylic acids is 1. The van der Waals surface area contributed by atoms with Crippen molar-refractivity contribution in [3.8, 4) is 0 Å². The van der Waals surface area contributed by atoms with E-state index in [1.54, 1.807) is 0 Å². The molecule has 0 spiro atoms. The molecule has 1 heterocycles. The van der Waals surface area contributed by atoms with Crippen LogP contribution in [0.25, 0.3) is 0 Å². The van der Waals surface area contributed by atoms with Gasteiger partial charge < -0.3 is 37.8 Å². The van der Waals surface area contributed by atoms with E-state index in [0.29, 0.717) is 38.0 Å². The molecule has 3 amide bonds. The maximum atomic E-state index is 13.0. The van der Waals surface area contributed by atoms with Crippen molar-refractivity contribution in [3.63, 3.8) is 0 Å². The number of hydrogen-bond donors (Lipinski definition) is 6. The average molecular weight is 460 g/mol. The van der Waals surface area contributed by atoms with Crippen LogP contribution in [-0.4, -0.2) is 89.4 Å². The quantitative estimate of drug-likeness (QED) is 0.100. The molecule has 0 saturated carbocycles. The van der Waals surface area contributed by atoms with Crippen LogP contribution in [0.3, 0.4) is 0 Å². The molecule has 13 heteroatoms. The Kier molecular flexibility index (Phi) is 11.7. The summed E-state index contributed by atoms with van der Waals surface area (Å²) in [5.41, 5.74) is 15.9. The molecule has 1 saturated heterocycles. The van der Waals surface area contributed by atoms with Gasteiger partial charge in [-0.05, 0) is 44.1 Å². The molecule has 3 unspecified atom stereocenters. The molecule has 0 aromatic carbocycles. The number of thioether (sulfide) groups is 1. The number of carboxylic acid groups (broad SMARTS) is 1. The second-order valence-corrected chi connectivity index (χ2v) is 8.13. The van der Waals surface area contributed by atoms with Crippen molar-refractivity contribution in [2.24, 2.45) is 22.2 Å². The standard InChI is InChI=1S/C18H33N7O5S/c1-31-9-6-12(16(28)25-8-3-5-13(25)17(29)30)24-15(27)11(23-14(26)10-19)4-2-7-22-18(20)21/h11-13H,2-10,19H2,1H3,(H,23,26)(H,24,27)(H,29,30)(H4,20,21,22). The molecule has 1 aliphatic heterocycles. The Hall–Kier alpha value is -2.54. The van der Waals surface area contributed by atoms with E-state index in [2.05, 4.69) is 15.6 Å². The number of aliphatic imine (C=N–C) groups is 1. The first kappa shape index (κ1) is 26.5. The molecule has 1 rings (SSSR count). The highest BCUT2D eigenvalue weighted by molar-refractivity contribution is 7.98. The number of amides is 3. The molecular formula is C18H33N7O5S. The van der Waals surface area contributed by atoms with Gasteiger partial charge >= 0.3 is 5.97 Å². The molecule has 31 heavy (non-hydrogen) atoms. The smallest absolute Gasteiger partial charge is 0.326 e. The molecule has 9 N–H and O–H groups in total. The van der Waals surface area contributed by atoms with Crippen molar-refractivity contribution < 1.29 is 24.3 Å². The summed E-state index contributed by atoms with van der Waals surface area (Å²) >= 11 is 1.50. The second-order valence-electron chi connectivity index (χ2n) is 7.14. The Morgan fingerprint density at radius 2 is 1.90 bits per heavy atom. The number of rotatable bonds is 13. The largest absolute Gasteiger partial charge is 0.480 e. The zero-order chi connectivity index (χ0) is 23.4. The SMILES string of the molecule is CSCCC(NC(=O)C(CCCN=C(N)N)NC(=O)CN)C(=O)N1CCCC1C(=O)O. The number of nitrogens with zero attached hydrogens (tertiary/aromatic N) is 2. The lowest BCUT2D eigenvalue weighted by Gasteiger charge is -2.28. The van der Waals surface area contributed by atoms with Crippen LogP contribution in [0.2, 0.25) is 0 Å². The van der Waals surface area contributed by atoms with Gasteiger partial charge in [0.1, 0.15) is 18.1 Å². The summed E-state index contributed by atoms with van der Waals surface area (Å²) in [6, 6.07) is -2.72. The zero-order valence-electron chi connectivity index (χ0n) is 17.7. The molecule has 0 aromatic heterocycles. The third-order valence-corrected chi connectivity index (χ3v) is 5.47. The second kappa shape index (κ2) is 13.7. The Morgan fingerprint density at radius 3 is 2.48 bits per heavy atom. The lowest BCUT2D eigenvalue weighted by atomic mass is 10.1. The molecule has 0 bridgehead atoms. The van der Waals surface area contributed by atoms with Crippen molar-refractivity contribution in [3.05, 3.63) is 0 Å². The van der Waals surface area contributed by atoms with E-state index in [0.717, 1.165) is 0 Å². The van der Waals surface area contributed by atoms with Crippen LogP contribution < -0.4 is 27.8 Å². The summed E-state index contributed by atoms with van der Waals surface area (Å²) < 4.78 is 0. The molecule has 0 aliphatic carbocycles. The number of carbonyl (C=O) groups excluding carboxylic acids is 3. The Labute approximate surface area is 185 Å². The number of likely N-dealkylation sites (tertiary alicyclic amines) is 1. The normalized spacial score (nSPS) is 17.5. The van der Waals surface area contributed by atoms with E-state index in [-0.39, 0.29) is 25.5 Å². The number of aliphatic carboxylic acids is 1. The van der Waals surface area contributed by atoms with Gasteiger partial charge in [0.05, 0.1) is 6.54 Å². The first-order valence-corrected chi connectivity index (χ1v) is 11.5. The number of nitrogens with two attached hydrogens (primary N) is 3. The molecule has 1 fully saturated rings. The predicted molar refractivity (Wildman–Crippen MR) is 118 cm³/mol. The summed E-state index contributed by atoms with van der Waals surface area (Å²) in [7, 11) is 0. The summed E-state index contributed by atoms with van der Waals surface area (Å²) in [5, 5.41) is 14.6.